The van der Waals surface area contributed by atoms with Crippen LogP contribution in [0.5, 0.6) is 0 Å². The van der Waals surface area contributed by atoms with E-state index in [0.29, 0.717) is 18.6 Å². The number of thiazole rings is 1. The van der Waals surface area contributed by atoms with Gasteiger partial charge in [-0.05, 0) is 42.6 Å². The number of hydrogen-bond acceptors (Lipinski definition) is 6. The van der Waals surface area contributed by atoms with Crippen LogP contribution in [-0.4, -0.2) is 28.2 Å². The molecule has 0 atom stereocenters. The molecule has 0 spiro atoms. The number of carbonyl (C=O) groups is 2. The fourth-order valence-corrected chi connectivity index (χ4v) is 5.39. The number of benzene rings is 2. The molecule has 33 heavy (non-hydrogen) atoms. The smallest absolute Gasteiger partial charge is 0.303 e. The maximum absolute atomic E-state index is 12.4. The van der Waals surface area contributed by atoms with Crippen molar-refractivity contribution in [3.8, 4) is 0 Å². The normalized spacial score (nSPS) is 10.8. The van der Waals surface area contributed by atoms with Crippen LogP contribution in [0.15, 0.2) is 60.7 Å². The molecule has 0 radical (unpaired) electrons. The van der Waals surface area contributed by atoms with Crippen molar-refractivity contribution in [3.63, 3.8) is 0 Å². The lowest BCUT2D eigenvalue weighted by Gasteiger charge is -2.03. The highest BCUT2D eigenvalue weighted by Crippen LogP contribution is 2.23. The Kier molecular flexibility index (Phi) is 10.7. The molecule has 0 aliphatic carbocycles. The summed E-state index contributed by atoms with van der Waals surface area (Å²) in [5.74, 6) is 1.51. The minimum Gasteiger partial charge on any atom is -0.459 e. The summed E-state index contributed by atoms with van der Waals surface area (Å²) in [6, 6.07) is 20.8. The molecule has 174 valence electrons. The van der Waals surface area contributed by atoms with E-state index in [-0.39, 0.29) is 18.4 Å². The lowest BCUT2D eigenvalue weighted by atomic mass is 10.1. The van der Waals surface area contributed by atoms with Crippen LogP contribution < -0.4 is 0 Å². The molecule has 0 bridgehead atoms. The number of Topliss-reactive ketones (excluding diaryl/α,β-unsaturated/α-hetero) is 1. The topological polar surface area (TPSA) is 56.3 Å². The standard InChI is InChI=1S/C27H31NO3S2/c1-21(29)31-19-25-26(16-14-23-11-6-3-7-12-23)33-27(28-25)17-15-24(30)20-32-18-8-13-22-9-4-2-5-10-22/h2-7,9-12H,8,13-20H2,1H3. The molecule has 0 N–H and O–H groups in total. The zero-order valence-electron chi connectivity index (χ0n) is 19.1. The fraction of sp³-hybridized carbons (Fsp3) is 0.370. The summed E-state index contributed by atoms with van der Waals surface area (Å²) in [4.78, 5) is 29.4. The van der Waals surface area contributed by atoms with E-state index in [2.05, 4.69) is 36.4 Å². The van der Waals surface area contributed by atoms with Crippen LogP contribution in [-0.2, 0) is 46.6 Å². The summed E-state index contributed by atoms with van der Waals surface area (Å²) >= 11 is 3.36. The quantitative estimate of drug-likeness (QED) is 0.213. The Balaban J connectivity index is 1.43. The molecule has 3 aromatic rings. The number of hydrogen-bond donors (Lipinski definition) is 0. The molecule has 0 aliphatic rings. The van der Waals surface area contributed by atoms with Crippen molar-refractivity contribution in [3.05, 3.63) is 87.4 Å². The number of esters is 1. The maximum atomic E-state index is 12.4. The zero-order valence-corrected chi connectivity index (χ0v) is 20.8. The molecule has 0 fully saturated rings. The lowest BCUT2D eigenvalue weighted by molar-refractivity contribution is -0.142. The number of ketones is 1. The summed E-state index contributed by atoms with van der Waals surface area (Å²) in [6.45, 7) is 1.61. The predicted octanol–water partition coefficient (Wildman–Crippen LogP) is 5.86. The molecule has 6 heteroatoms. The van der Waals surface area contributed by atoms with Crippen LogP contribution >= 0.6 is 23.1 Å². The minimum absolute atomic E-state index is 0.196. The van der Waals surface area contributed by atoms with Gasteiger partial charge in [-0.15, -0.1) is 11.3 Å². The van der Waals surface area contributed by atoms with Gasteiger partial charge >= 0.3 is 5.97 Å². The monoisotopic (exact) mass is 481 g/mol. The number of nitrogens with zero attached hydrogens (tertiary/aromatic N) is 1. The number of carbonyl (C=O) groups excluding carboxylic acids is 2. The van der Waals surface area contributed by atoms with Crippen molar-refractivity contribution in [2.24, 2.45) is 0 Å². The molecule has 1 aromatic heterocycles. The molecular formula is C27H31NO3S2. The summed E-state index contributed by atoms with van der Waals surface area (Å²) < 4.78 is 5.20. The van der Waals surface area contributed by atoms with Crippen molar-refractivity contribution < 1.29 is 14.3 Å². The molecule has 2 aromatic carbocycles. The number of thioether (sulfide) groups is 1. The molecule has 0 aliphatic heterocycles. The molecule has 0 unspecified atom stereocenters. The van der Waals surface area contributed by atoms with Crippen molar-refractivity contribution in [1.29, 1.82) is 0 Å². The first-order valence-corrected chi connectivity index (χ1v) is 13.4. The highest BCUT2D eigenvalue weighted by atomic mass is 32.2. The van der Waals surface area contributed by atoms with Gasteiger partial charge in [0.2, 0.25) is 0 Å². The molecular weight excluding hydrogens is 450 g/mol. The van der Waals surface area contributed by atoms with Gasteiger partial charge in [-0.3, -0.25) is 9.59 Å². The molecule has 1 heterocycles. The average Bonchev–Trinajstić information content (AvgIpc) is 3.23. The van der Waals surface area contributed by atoms with Crippen molar-refractivity contribution >= 4 is 34.9 Å². The van der Waals surface area contributed by atoms with Crippen molar-refractivity contribution in [2.45, 2.75) is 52.1 Å². The number of ether oxygens (including phenoxy) is 1. The van der Waals surface area contributed by atoms with E-state index in [0.717, 1.165) is 47.0 Å². The van der Waals surface area contributed by atoms with Crippen molar-refractivity contribution in [2.75, 3.05) is 11.5 Å². The summed E-state index contributed by atoms with van der Waals surface area (Å²) in [5.41, 5.74) is 3.44. The summed E-state index contributed by atoms with van der Waals surface area (Å²) in [7, 11) is 0. The van der Waals surface area contributed by atoms with Gasteiger partial charge in [0.15, 0.2) is 0 Å². The number of rotatable bonds is 14. The van der Waals surface area contributed by atoms with Crippen LogP contribution in [0.3, 0.4) is 0 Å². The number of aryl methyl sites for hydroxylation is 4. The molecule has 0 amide bonds. The van der Waals surface area contributed by atoms with Gasteiger partial charge in [-0.25, -0.2) is 4.98 Å². The summed E-state index contributed by atoms with van der Waals surface area (Å²) in [5, 5.41) is 0.947. The average molecular weight is 482 g/mol. The van der Waals surface area contributed by atoms with E-state index < -0.39 is 0 Å². The van der Waals surface area contributed by atoms with Crippen LogP contribution in [0, 0.1) is 0 Å². The molecule has 0 saturated heterocycles. The van der Waals surface area contributed by atoms with E-state index in [1.54, 1.807) is 23.1 Å². The van der Waals surface area contributed by atoms with Gasteiger partial charge in [-0.1, -0.05) is 60.7 Å². The first kappa shape index (κ1) is 25.2. The van der Waals surface area contributed by atoms with E-state index >= 15 is 0 Å². The second kappa shape index (κ2) is 14.0. The van der Waals surface area contributed by atoms with Crippen LogP contribution in [0.2, 0.25) is 0 Å². The first-order chi connectivity index (χ1) is 16.1. The van der Waals surface area contributed by atoms with Gasteiger partial charge in [0, 0.05) is 24.6 Å². The van der Waals surface area contributed by atoms with Crippen LogP contribution in [0.1, 0.15) is 46.5 Å². The van der Waals surface area contributed by atoms with Gasteiger partial charge in [0.1, 0.15) is 12.4 Å². The van der Waals surface area contributed by atoms with Crippen LogP contribution in [0.4, 0.5) is 0 Å². The Morgan fingerprint density at radius 3 is 2.24 bits per heavy atom. The summed E-state index contributed by atoms with van der Waals surface area (Å²) in [6.07, 6.45) is 5.05. The molecule has 3 rings (SSSR count). The third-order valence-corrected chi connectivity index (χ3v) is 7.52. The lowest BCUT2D eigenvalue weighted by Crippen LogP contribution is -2.04. The van der Waals surface area contributed by atoms with E-state index in [1.165, 1.54) is 18.1 Å². The molecule has 4 nitrogen and oxygen atoms in total. The second-order valence-electron chi connectivity index (χ2n) is 7.92. The van der Waals surface area contributed by atoms with Crippen molar-refractivity contribution in [1.82, 2.24) is 4.98 Å². The molecule has 0 saturated carbocycles. The highest BCUT2D eigenvalue weighted by molar-refractivity contribution is 7.99. The van der Waals surface area contributed by atoms with E-state index in [4.69, 9.17) is 9.72 Å². The Morgan fingerprint density at radius 1 is 0.909 bits per heavy atom. The SMILES string of the molecule is CC(=O)OCc1nc(CCC(=O)CSCCCc2ccccc2)sc1CCc1ccccc1. The zero-order chi connectivity index (χ0) is 23.3. The third kappa shape index (κ3) is 9.52. The van der Waals surface area contributed by atoms with Gasteiger partial charge in [0.05, 0.1) is 16.5 Å². The largest absolute Gasteiger partial charge is 0.459 e. The first-order valence-electron chi connectivity index (χ1n) is 11.4. The Labute approximate surface area is 204 Å². The highest BCUT2D eigenvalue weighted by Gasteiger charge is 2.14. The van der Waals surface area contributed by atoms with Gasteiger partial charge < -0.3 is 4.74 Å². The van der Waals surface area contributed by atoms with Gasteiger partial charge in [-0.2, -0.15) is 11.8 Å². The van der Waals surface area contributed by atoms with E-state index in [1.807, 2.05) is 24.3 Å². The Bertz CT molecular complexity index is 1000. The fourth-order valence-electron chi connectivity index (χ4n) is 3.45. The number of aromatic nitrogens is 1. The Morgan fingerprint density at radius 2 is 1.58 bits per heavy atom. The van der Waals surface area contributed by atoms with Crippen LogP contribution in [0.25, 0.3) is 0 Å². The third-order valence-electron chi connectivity index (χ3n) is 5.20. The van der Waals surface area contributed by atoms with Gasteiger partial charge in [0.25, 0.3) is 0 Å². The predicted molar refractivity (Wildman–Crippen MR) is 137 cm³/mol. The Hall–Kier alpha value is -2.44. The minimum atomic E-state index is -0.307. The van der Waals surface area contributed by atoms with E-state index in [9.17, 15) is 9.59 Å². The second-order valence-corrected chi connectivity index (χ2v) is 10.2. The maximum Gasteiger partial charge on any atom is 0.303 e.